The zero-order valence-corrected chi connectivity index (χ0v) is 14.8. The lowest BCUT2D eigenvalue weighted by molar-refractivity contribution is -0.143. The molecule has 0 spiro atoms. The molecule has 0 saturated heterocycles. The number of halogens is 8. The van der Waals surface area contributed by atoms with Gasteiger partial charge >= 0.3 is 24.2 Å². The van der Waals surface area contributed by atoms with E-state index in [9.17, 15) is 35.9 Å². The van der Waals surface area contributed by atoms with E-state index in [4.69, 9.17) is 23.2 Å². The molecule has 0 fully saturated rings. The molecule has 2 rings (SSSR count). The summed E-state index contributed by atoms with van der Waals surface area (Å²) in [5.41, 5.74) is -4.22. The summed E-state index contributed by atoms with van der Waals surface area (Å²) < 4.78 is 76.9. The molecule has 0 bridgehead atoms. The predicted molar refractivity (Wildman–Crippen MR) is 90.2 cm³/mol. The van der Waals surface area contributed by atoms with Gasteiger partial charge in [-0.3, -0.25) is 9.59 Å². The molecule has 0 atom stereocenters. The van der Waals surface area contributed by atoms with E-state index in [0.29, 0.717) is 0 Å². The van der Waals surface area contributed by atoms with Crippen LogP contribution in [0.15, 0.2) is 36.4 Å². The summed E-state index contributed by atoms with van der Waals surface area (Å²) in [6.07, 6.45) is -10.2. The Bertz CT molecular complexity index is 896. The van der Waals surface area contributed by atoms with E-state index in [1.807, 2.05) is 5.32 Å². The maximum atomic E-state index is 12.8. The molecule has 12 heteroatoms. The molecule has 0 radical (unpaired) electrons. The lowest BCUT2D eigenvalue weighted by Crippen LogP contribution is -2.29. The molecule has 0 heterocycles. The van der Waals surface area contributed by atoms with Crippen LogP contribution in [-0.2, 0) is 21.9 Å². The summed E-state index contributed by atoms with van der Waals surface area (Å²) in [6, 6.07) is 4.32. The summed E-state index contributed by atoms with van der Waals surface area (Å²) in [6.45, 7) is 0. The van der Waals surface area contributed by atoms with Gasteiger partial charge in [0, 0.05) is 10.7 Å². The molecule has 150 valence electrons. The van der Waals surface area contributed by atoms with Crippen molar-refractivity contribution in [3.63, 3.8) is 0 Å². The van der Waals surface area contributed by atoms with Crippen molar-refractivity contribution >= 4 is 46.4 Å². The minimum atomic E-state index is -5.10. The molecule has 28 heavy (non-hydrogen) atoms. The number of hydrogen-bond donors (Lipinski definition) is 2. The summed E-state index contributed by atoms with van der Waals surface area (Å²) in [5, 5.41) is 3.91. The molecule has 2 aromatic rings. The highest BCUT2D eigenvalue weighted by atomic mass is 35.5. The molecule has 0 aromatic heterocycles. The van der Waals surface area contributed by atoms with Gasteiger partial charge in [-0.1, -0.05) is 23.2 Å². The molecule has 0 aliphatic carbocycles. The maximum Gasteiger partial charge on any atom is 0.416 e. The van der Waals surface area contributed by atoms with Crippen molar-refractivity contribution in [1.29, 1.82) is 0 Å². The molecule has 2 amide bonds. The van der Waals surface area contributed by atoms with Crippen LogP contribution in [0.2, 0.25) is 10.0 Å². The summed E-state index contributed by atoms with van der Waals surface area (Å²) in [5.74, 6) is -2.89. The molecule has 2 N–H and O–H groups in total. The minimum Gasteiger partial charge on any atom is -0.318 e. The van der Waals surface area contributed by atoms with E-state index < -0.39 is 41.0 Å². The van der Waals surface area contributed by atoms with Crippen LogP contribution in [0.4, 0.5) is 37.7 Å². The lowest BCUT2D eigenvalue weighted by atomic mass is 10.1. The zero-order valence-electron chi connectivity index (χ0n) is 13.3. The van der Waals surface area contributed by atoms with Crippen LogP contribution in [0.3, 0.4) is 0 Å². The average molecular weight is 445 g/mol. The van der Waals surface area contributed by atoms with Crippen molar-refractivity contribution in [1.82, 2.24) is 0 Å². The Kier molecular flexibility index (Phi) is 6.15. The van der Waals surface area contributed by atoms with Crippen LogP contribution in [0.5, 0.6) is 0 Å². The van der Waals surface area contributed by atoms with Crippen LogP contribution in [-0.4, -0.2) is 11.8 Å². The van der Waals surface area contributed by atoms with Gasteiger partial charge < -0.3 is 10.6 Å². The number of anilines is 2. The van der Waals surface area contributed by atoms with E-state index in [1.165, 1.54) is 18.2 Å². The van der Waals surface area contributed by atoms with Gasteiger partial charge in [0.15, 0.2) is 0 Å². The molecule has 4 nitrogen and oxygen atoms in total. The monoisotopic (exact) mass is 444 g/mol. The van der Waals surface area contributed by atoms with E-state index in [-0.39, 0.29) is 33.9 Å². The van der Waals surface area contributed by atoms with Gasteiger partial charge in [0.2, 0.25) is 0 Å². The number of alkyl halides is 6. The van der Waals surface area contributed by atoms with Crippen molar-refractivity contribution in [2.24, 2.45) is 0 Å². The molecule has 0 unspecified atom stereocenters. The van der Waals surface area contributed by atoms with Crippen LogP contribution in [0.1, 0.15) is 11.1 Å². The van der Waals surface area contributed by atoms with Gasteiger partial charge in [0.05, 0.1) is 21.8 Å². The highest BCUT2D eigenvalue weighted by Gasteiger charge is 2.37. The Morgan fingerprint density at radius 2 is 1.25 bits per heavy atom. The van der Waals surface area contributed by atoms with E-state index in [0.717, 1.165) is 0 Å². The van der Waals surface area contributed by atoms with E-state index in [1.54, 1.807) is 5.32 Å². The topological polar surface area (TPSA) is 58.2 Å². The van der Waals surface area contributed by atoms with Crippen LogP contribution in [0.25, 0.3) is 0 Å². The number of carbonyl (C=O) groups excluding carboxylic acids is 2. The quantitative estimate of drug-likeness (QED) is 0.467. The molecule has 0 saturated carbocycles. The smallest absolute Gasteiger partial charge is 0.318 e. The fourth-order valence-corrected chi connectivity index (χ4v) is 2.32. The summed E-state index contributed by atoms with van der Waals surface area (Å²) in [7, 11) is 0. The van der Waals surface area contributed by atoms with Crippen LogP contribution >= 0.6 is 23.2 Å². The summed E-state index contributed by atoms with van der Waals surface area (Å²) in [4.78, 5) is 23.7. The first-order valence-corrected chi connectivity index (χ1v) is 7.90. The molecule has 0 aliphatic heterocycles. The minimum absolute atomic E-state index is 0.00368. The third-order valence-electron chi connectivity index (χ3n) is 3.23. The number of benzene rings is 2. The van der Waals surface area contributed by atoms with E-state index in [2.05, 4.69) is 0 Å². The third-order valence-corrected chi connectivity index (χ3v) is 3.79. The van der Waals surface area contributed by atoms with Gasteiger partial charge in [0.1, 0.15) is 0 Å². The molecule has 0 aliphatic rings. The second-order valence-corrected chi connectivity index (χ2v) is 6.17. The van der Waals surface area contributed by atoms with Crippen molar-refractivity contribution in [2.45, 2.75) is 12.4 Å². The lowest BCUT2D eigenvalue weighted by Gasteiger charge is -2.14. The standard InChI is InChI=1S/C16H8Cl2F6N2O2/c17-9-1-2-11(18)12(6-9)26-14(28)13(27)25-10-4-7(15(19,20)21)3-8(5-10)16(22,23)24/h1-6H,(H,25,27)(H,26,28). The average Bonchev–Trinajstić information content (AvgIpc) is 2.56. The Hall–Kier alpha value is -2.46. The normalized spacial score (nSPS) is 11.9. The Labute approximate surface area is 163 Å². The van der Waals surface area contributed by atoms with Gasteiger partial charge in [-0.2, -0.15) is 26.3 Å². The largest absolute Gasteiger partial charge is 0.416 e. The Morgan fingerprint density at radius 1 is 0.750 bits per heavy atom. The van der Waals surface area contributed by atoms with E-state index >= 15 is 0 Å². The Morgan fingerprint density at radius 3 is 1.75 bits per heavy atom. The summed E-state index contributed by atoms with van der Waals surface area (Å²) >= 11 is 11.5. The molecular formula is C16H8Cl2F6N2O2. The second kappa shape index (κ2) is 7.88. The first-order chi connectivity index (χ1) is 12.8. The predicted octanol–water partition coefficient (Wildman–Crippen LogP) is 5.61. The highest BCUT2D eigenvalue weighted by molar-refractivity contribution is 6.45. The number of amides is 2. The second-order valence-electron chi connectivity index (χ2n) is 5.33. The number of hydrogen-bond acceptors (Lipinski definition) is 2. The zero-order chi connectivity index (χ0) is 21.3. The van der Waals surface area contributed by atoms with Crippen molar-refractivity contribution in [3.05, 3.63) is 57.6 Å². The SMILES string of the molecule is O=C(Nc1cc(C(F)(F)F)cc(C(F)(F)F)c1)C(=O)Nc1cc(Cl)ccc1Cl. The molecule has 2 aromatic carbocycles. The maximum absolute atomic E-state index is 12.8. The third kappa shape index (κ3) is 5.52. The molecular weight excluding hydrogens is 437 g/mol. The fourth-order valence-electron chi connectivity index (χ4n) is 1.99. The van der Waals surface area contributed by atoms with Gasteiger partial charge in [-0.05, 0) is 36.4 Å². The van der Waals surface area contributed by atoms with Crippen molar-refractivity contribution in [3.8, 4) is 0 Å². The van der Waals surface area contributed by atoms with Crippen LogP contribution < -0.4 is 10.6 Å². The first-order valence-electron chi connectivity index (χ1n) is 7.14. The van der Waals surface area contributed by atoms with Crippen molar-refractivity contribution in [2.75, 3.05) is 10.6 Å². The fraction of sp³-hybridized carbons (Fsp3) is 0.125. The van der Waals surface area contributed by atoms with Gasteiger partial charge in [-0.25, -0.2) is 0 Å². The number of carbonyl (C=O) groups is 2. The number of rotatable bonds is 2. The number of nitrogens with one attached hydrogen (secondary N) is 2. The first kappa shape index (κ1) is 21.8. The Balaban J connectivity index is 2.27. The highest BCUT2D eigenvalue weighted by Crippen LogP contribution is 2.37. The van der Waals surface area contributed by atoms with Gasteiger partial charge in [0.25, 0.3) is 0 Å². The van der Waals surface area contributed by atoms with Crippen LogP contribution in [0, 0.1) is 0 Å². The van der Waals surface area contributed by atoms with Crippen molar-refractivity contribution < 1.29 is 35.9 Å². The van der Waals surface area contributed by atoms with Gasteiger partial charge in [-0.15, -0.1) is 0 Å².